The number of nitriles is 1. The fourth-order valence-electron chi connectivity index (χ4n) is 1.95. The van der Waals surface area contributed by atoms with Gasteiger partial charge in [-0.15, -0.1) is 0 Å². The van der Waals surface area contributed by atoms with Crippen molar-refractivity contribution >= 4 is 0 Å². The van der Waals surface area contributed by atoms with Gasteiger partial charge in [0.2, 0.25) is 0 Å². The molecule has 2 nitrogen and oxygen atoms in total. The van der Waals surface area contributed by atoms with E-state index < -0.39 is 0 Å². The van der Waals surface area contributed by atoms with Gasteiger partial charge in [0, 0.05) is 12.6 Å². The zero-order valence-corrected chi connectivity index (χ0v) is 8.35. The second-order valence-corrected chi connectivity index (χ2v) is 3.89. The van der Waals surface area contributed by atoms with Crippen LogP contribution in [0.3, 0.4) is 0 Å². The second-order valence-electron chi connectivity index (χ2n) is 3.89. The summed E-state index contributed by atoms with van der Waals surface area (Å²) in [6.07, 6.45) is 1.02. The third kappa shape index (κ3) is 1.64. The first kappa shape index (κ1) is 9.23. The Morgan fingerprint density at radius 2 is 2.14 bits per heavy atom. The second kappa shape index (κ2) is 3.81. The van der Waals surface area contributed by atoms with E-state index in [1.807, 2.05) is 18.2 Å². The molecule has 2 atom stereocenters. The average molecular weight is 186 g/mol. The highest BCUT2D eigenvalue weighted by molar-refractivity contribution is 5.16. The zero-order valence-electron chi connectivity index (χ0n) is 8.35. The van der Waals surface area contributed by atoms with Crippen LogP contribution in [0.4, 0.5) is 0 Å². The average Bonchev–Trinajstić information content (AvgIpc) is 2.24. The fourth-order valence-corrected chi connectivity index (χ4v) is 1.95. The van der Waals surface area contributed by atoms with Crippen LogP contribution in [0.15, 0.2) is 30.3 Å². The molecular weight excluding hydrogens is 172 g/mol. The Bertz CT molecular complexity index is 339. The molecule has 14 heavy (non-hydrogen) atoms. The molecule has 1 heterocycles. The summed E-state index contributed by atoms with van der Waals surface area (Å²) in [5.41, 5.74) is 1.29. The number of hydrogen-bond donors (Lipinski definition) is 0. The van der Waals surface area contributed by atoms with E-state index in [0.717, 1.165) is 13.0 Å². The van der Waals surface area contributed by atoms with Gasteiger partial charge in [0.1, 0.15) is 0 Å². The van der Waals surface area contributed by atoms with Crippen LogP contribution >= 0.6 is 0 Å². The summed E-state index contributed by atoms with van der Waals surface area (Å²) in [6, 6.07) is 13.3. The van der Waals surface area contributed by atoms with Gasteiger partial charge in [0.05, 0.1) is 12.1 Å². The first-order valence-electron chi connectivity index (χ1n) is 5.00. The third-order valence-corrected chi connectivity index (χ3v) is 2.89. The molecule has 1 saturated heterocycles. The number of benzene rings is 1. The largest absolute Gasteiger partial charge is 0.281 e. The Labute approximate surface area is 84.8 Å². The SMILES string of the molecule is CC1CC(C#N)N1Cc1ccccc1. The molecule has 0 N–H and O–H groups in total. The molecule has 0 saturated carbocycles. The minimum absolute atomic E-state index is 0.130. The van der Waals surface area contributed by atoms with Crippen LogP contribution in [0.5, 0.6) is 0 Å². The molecule has 0 bridgehead atoms. The summed E-state index contributed by atoms with van der Waals surface area (Å²) in [6.45, 7) is 3.08. The molecular formula is C12H14N2. The maximum absolute atomic E-state index is 8.86. The van der Waals surface area contributed by atoms with Crippen LogP contribution in [0.1, 0.15) is 18.9 Å². The van der Waals surface area contributed by atoms with Crippen LogP contribution in [-0.2, 0) is 6.54 Å². The van der Waals surface area contributed by atoms with Gasteiger partial charge in [-0.3, -0.25) is 4.90 Å². The van der Waals surface area contributed by atoms with Gasteiger partial charge >= 0.3 is 0 Å². The normalized spacial score (nSPS) is 26.6. The smallest absolute Gasteiger partial charge is 0.0997 e. The molecule has 0 aromatic heterocycles. The van der Waals surface area contributed by atoms with Crippen LogP contribution < -0.4 is 0 Å². The molecule has 1 aromatic carbocycles. The van der Waals surface area contributed by atoms with Gasteiger partial charge in [-0.25, -0.2) is 0 Å². The molecule has 1 fully saturated rings. The summed E-state index contributed by atoms with van der Waals surface area (Å²) in [7, 11) is 0. The Balaban J connectivity index is 2.02. The predicted molar refractivity (Wildman–Crippen MR) is 55.5 cm³/mol. The van der Waals surface area contributed by atoms with Crippen molar-refractivity contribution in [1.82, 2.24) is 4.90 Å². The van der Waals surface area contributed by atoms with E-state index in [0.29, 0.717) is 6.04 Å². The number of rotatable bonds is 2. The topological polar surface area (TPSA) is 27.0 Å². The fraction of sp³-hybridized carbons (Fsp3) is 0.417. The lowest BCUT2D eigenvalue weighted by Crippen LogP contribution is -2.52. The summed E-state index contributed by atoms with van der Waals surface area (Å²) < 4.78 is 0. The first-order chi connectivity index (χ1) is 6.81. The van der Waals surface area contributed by atoms with Crippen LogP contribution in [0.25, 0.3) is 0 Å². The lowest BCUT2D eigenvalue weighted by Gasteiger charge is -2.43. The highest BCUT2D eigenvalue weighted by Crippen LogP contribution is 2.26. The van der Waals surface area contributed by atoms with Crippen molar-refractivity contribution in [2.75, 3.05) is 0 Å². The Morgan fingerprint density at radius 3 is 2.71 bits per heavy atom. The third-order valence-electron chi connectivity index (χ3n) is 2.89. The molecule has 0 spiro atoms. The lowest BCUT2D eigenvalue weighted by molar-refractivity contribution is 0.0517. The summed E-state index contributed by atoms with van der Waals surface area (Å²) >= 11 is 0. The van der Waals surface area contributed by atoms with Crippen molar-refractivity contribution < 1.29 is 0 Å². The molecule has 1 aromatic rings. The minimum Gasteiger partial charge on any atom is -0.281 e. The van der Waals surface area contributed by atoms with Gasteiger partial charge in [-0.05, 0) is 18.9 Å². The van der Waals surface area contributed by atoms with Crippen molar-refractivity contribution in [3.05, 3.63) is 35.9 Å². The van der Waals surface area contributed by atoms with Crippen molar-refractivity contribution in [3.63, 3.8) is 0 Å². The Kier molecular flexibility index (Phi) is 2.51. The van der Waals surface area contributed by atoms with Crippen molar-refractivity contribution in [3.8, 4) is 6.07 Å². The van der Waals surface area contributed by atoms with Gasteiger partial charge < -0.3 is 0 Å². The monoisotopic (exact) mass is 186 g/mol. The van der Waals surface area contributed by atoms with E-state index >= 15 is 0 Å². The van der Waals surface area contributed by atoms with E-state index in [2.05, 4.69) is 30.0 Å². The van der Waals surface area contributed by atoms with Gasteiger partial charge in [-0.1, -0.05) is 30.3 Å². The molecule has 2 unspecified atom stereocenters. The van der Waals surface area contributed by atoms with Crippen molar-refractivity contribution in [2.45, 2.75) is 32.0 Å². The molecule has 1 aliphatic heterocycles. The molecule has 1 aliphatic rings. The number of likely N-dealkylation sites (tertiary alicyclic amines) is 1. The van der Waals surface area contributed by atoms with Gasteiger partial charge in [-0.2, -0.15) is 5.26 Å². The van der Waals surface area contributed by atoms with Gasteiger partial charge in [0.25, 0.3) is 0 Å². The first-order valence-corrected chi connectivity index (χ1v) is 5.00. The van der Waals surface area contributed by atoms with E-state index in [9.17, 15) is 0 Å². The van der Waals surface area contributed by atoms with Crippen molar-refractivity contribution in [1.29, 1.82) is 5.26 Å². The van der Waals surface area contributed by atoms with Crippen LogP contribution in [0.2, 0.25) is 0 Å². The van der Waals surface area contributed by atoms with Crippen LogP contribution in [-0.4, -0.2) is 17.0 Å². The van der Waals surface area contributed by atoms with E-state index in [1.165, 1.54) is 5.56 Å². The summed E-state index contributed by atoms with van der Waals surface area (Å²) in [5, 5.41) is 8.86. The quantitative estimate of drug-likeness (QED) is 0.707. The van der Waals surface area contributed by atoms with Crippen LogP contribution in [0, 0.1) is 11.3 Å². The zero-order chi connectivity index (χ0) is 9.97. The molecule has 0 aliphatic carbocycles. The van der Waals surface area contributed by atoms with E-state index in [4.69, 9.17) is 5.26 Å². The number of nitrogens with zero attached hydrogens (tertiary/aromatic N) is 2. The summed E-state index contributed by atoms with van der Waals surface area (Å²) in [5.74, 6) is 0. The number of hydrogen-bond acceptors (Lipinski definition) is 2. The molecule has 2 rings (SSSR count). The molecule has 72 valence electrons. The molecule has 0 amide bonds. The Hall–Kier alpha value is -1.33. The molecule has 0 radical (unpaired) electrons. The Morgan fingerprint density at radius 1 is 1.43 bits per heavy atom. The predicted octanol–water partition coefficient (Wildman–Crippen LogP) is 2.17. The highest BCUT2D eigenvalue weighted by atomic mass is 15.2. The van der Waals surface area contributed by atoms with Gasteiger partial charge in [0.15, 0.2) is 0 Å². The minimum atomic E-state index is 0.130. The van der Waals surface area contributed by atoms with Crippen molar-refractivity contribution in [2.24, 2.45) is 0 Å². The lowest BCUT2D eigenvalue weighted by atomic mass is 9.94. The maximum Gasteiger partial charge on any atom is 0.0997 e. The molecule has 2 heteroatoms. The highest BCUT2D eigenvalue weighted by Gasteiger charge is 2.34. The maximum atomic E-state index is 8.86. The summed E-state index contributed by atoms with van der Waals surface area (Å²) in [4.78, 5) is 2.25. The standard InChI is InChI=1S/C12H14N2/c1-10-7-12(8-13)14(10)9-11-5-3-2-4-6-11/h2-6,10,12H,7,9H2,1H3. The van der Waals surface area contributed by atoms with E-state index in [1.54, 1.807) is 0 Å². The van der Waals surface area contributed by atoms with E-state index in [-0.39, 0.29) is 6.04 Å².